The van der Waals surface area contributed by atoms with Gasteiger partial charge in [0.1, 0.15) is 0 Å². The maximum Gasteiger partial charge on any atom is 0.227 e. The van der Waals surface area contributed by atoms with E-state index in [1.807, 2.05) is 42.5 Å². The fraction of sp³-hybridized carbons (Fsp3) is 0.381. The van der Waals surface area contributed by atoms with Crippen LogP contribution in [0.2, 0.25) is 0 Å². The predicted octanol–water partition coefficient (Wildman–Crippen LogP) is 3.38. The third-order valence-electron chi connectivity index (χ3n) is 4.55. The lowest BCUT2D eigenvalue weighted by Crippen LogP contribution is -2.34. The molecule has 4 nitrogen and oxygen atoms in total. The number of hydrogen-bond acceptors (Lipinski definition) is 3. The summed E-state index contributed by atoms with van der Waals surface area (Å²) in [6.45, 7) is 3.10. The summed E-state index contributed by atoms with van der Waals surface area (Å²) in [6.07, 6.45) is 2.73. The summed E-state index contributed by atoms with van der Waals surface area (Å²) >= 11 is 0. The first-order valence-corrected chi connectivity index (χ1v) is 9.03. The molecule has 1 amide bonds. The third kappa shape index (κ3) is 5.69. The Bertz CT molecular complexity index is 667. The lowest BCUT2D eigenvalue weighted by molar-refractivity contribution is -0.120. The van der Waals surface area contributed by atoms with E-state index in [9.17, 15) is 4.79 Å². The molecule has 3 rings (SSSR count). The van der Waals surface area contributed by atoms with Crippen molar-refractivity contribution in [3.63, 3.8) is 0 Å². The number of piperidine rings is 1. The van der Waals surface area contributed by atoms with Crippen molar-refractivity contribution in [2.45, 2.75) is 25.9 Å². The molecule has 2 N–H and O–H groups in total. The summed E-state index contributed by atoms with van der Waals surface area (Å²) in [4.78, 5) is 12.3. The number of nitrogens with one attached hydrogen (secondary N) is 2. The van der Waals surface area contributed by atoms with Gasteiger partial charge in [-0.25, -0.2) is 0 Å². The van der Waals surface area contributed by atoms with Crippen molar-refractivity contribution in [2.75, 3.05) is 25.0 Å². The molecule has 0 aromatic heterocycles. The van der Waals surface area contributed by atoms with Gasteiger partial charge in [-0.1, -0.05) is 42.5 Å². The second-order valence-electron chi connectivity index (χ2n) is 6.50. The van der Waals surface area contributed by atoms with Crippen LogP contribution in [0.5, 0.6) is 0 Å². The summed E-state index contributed by atoms with van der Waals surface area (Å²) in [5, 5.41) is 6.33. The largest absolute Gasteiger partial charge is 0.376 e. The van der Waals surface area contributed by atoms with Crippen LogP contribution in [0.1, 0.15) is 24.0 Å². The number of hydrogen-bond donors (Lipinski definition) is 2. The van der Waals surface area contributed by atoms with Crippen LogP contribution in [0, 0.1) is 5.92 Å². The van der Waals surface area contributed by atoms with E-state index in [4.69, 9.17) is 4.74 Å². The second-order valence-corrected chi connectivity index (χ2v) is 6.50. The highest BCUT2D eigenvalue weighted by molar-refractivity contribution is 5.92. The Balaban J connectivity index is 1.45. The van der Waals surface area contributed by atoms with Crippen LogP contribution in [-0.4, -0.2) is 25.6 Å². The molecular weight excluding hydrogens is 312 g/mol. The number of ether oxygens (including phenoxy) is 1. The topological polar surface area (TPSA) is 50.4 Å². The first kappa shape index (κ1) is 17.6. The van der Waals surface area contributed by atoms with Gasteiger partial charge in [-0.05, 0) is 55.6 Å². The van der Waals surface area contributed by atoms with Gasteiger partial charge in [0, 0.05) is 11.6 Å². The smallest absolute Gasteiger partial charge is 0.227 e. The molecule has 1 heterocycles. The first-order chi connectivity index (χ1) is 12.3. The fourth-order valence-electron chi connectivity index (χ4n) is 3.09. The van der Waals surface area contributed by atoms with E-state index < -0.39 is 0 Å². The van der Waals surface area contributed by atoms with Crippen molar-refractivity contribution in [1.82, 2.24) is 5.32 Å². The minimum absolute atomic E-state index is 0.118. The van der Waals surface area contributed by atoms with E-state index >= 15 is 0 Å². The lowest BCUT2D eigenvalue weighted by atomic mass is 9.97. The minimum Gasteiger partial charge on any atom is -0.376 e. The van der Waals surface area contributed by atoms with Gasteiger partial charge >= 0.3 is 0 Å². The van der Waals surface area contributed by atoms with Gasteiger partial charge < -0.3 is 15.4 Å². The lowest BCUT2D eigenvalue weighted by Gasteiger charge is -2.21. The molecule has 25 heavy (non-hydrogen) atoms. The van der Waals surface area contributed by atoms with E-state index in [1.165, 1.54) is 5.56 Å². The van der Waals surface area contributed by atoms with Crippen molar-refractivity contribution in [3.05, 3.63) is 65.7 Å². The molecule has 2 aromatic rings. The van der Waals surface area contributed by atoms with E-state index in [-0.39, 0.29) is 11.8 Å². The van der Waals surface area contributed by atoms with Crippen molar-refractivity contribution < 1.29 is 9.53 Å². The third-order valence-corrected chi connectivity index (χ3v) is 4.55. The molecule has 0 bridgehead atoms. The average Bonchev–Trinajstić information content (AvgIpc) is 2.67. The van der Waals surface area contributed by atoms with Gasteiger partial charge in [-0.15, -0.1) is 0 Å². The molecule has 0 radical (unpaired) electrons. The normalized spacial score (nSPS) is 15.0. The van der Waals surface area contributed by atoms with E-state index in [0.29, 0.717) is 13.2 Å². The van der Waals surface area contributed by atoms with Crippen LogP contribution in [-0.2, 0) is 22.6 Å². The Hall–Kier alpha value is -2.17. The summed E-state index contributed by atoms with van der Waals surface area (Å²) in [7, 11) is 0. The highest BCUT2D eigenvalue weighted by Gasteiger charge is 2.20. The SMILES string of the molecule is O=C(Nc1cccc(COCCc2ccccc2)c1)C1CCNCC1. The molecule has 1 fully saturated rings. The molecule has 2 aromatic carbocycles. The summed E-state index contributed by atoms with van der Waals surface area (Å²) < 4.78 is 5.78. The monoisotopic (exact) mass is 338 g/mol. The van der Waals surface area contributed by atoms with Gasteiger partial charge in [-0.3, -0.25) is 4.79 Å². The van der Waals surface area contributed by atoms with Gasteiger partial charge in [0.05, 0.1) is 13.2 Å². The number of rotatable bonds is 7. The van der Waals surface area contributed by atoms with E-state index in [0.717, 1.165) is 43.6 Å². The van der Waals surface area contributed by atoms with Crippen molar-refractivity contribution in [2.24, 2.45) is 5.92 Å². The van der Waals surface area contributed by atoms with Crippen LogP contribution < -0.4 is 10.6 Å². The van der Waals surface area contributed by atoms with Crippen molar-refractivity contribution in [1.29, 1.82) is 0 Å². The minimum atomic E-state index is 0.118. The van der Waals surface area contributed by atoms with Crippen LogP contribution >= 0.6 is 0 Å². The zero-order valence-corrected chi connectivity index (χ0v) is 14.5. The molecule has 1 aliphatic rings. The first-order valence-electron chi connectivity index (χ1n) is 9.03. The molecule has 0 aliphatic carbocycles. The number of amides is 1. The van der Waals surface area contributed by atoms with Gasteiger partial charge in [0.15, 0.2) is 0 Å². The van der Waals surface area contributed by atoms with Crippen LogP contribution in [0.25, 0.3) is 0 Å². The quantitative estimate of drug-likeness (QED) is 0.761. The summed E-state index contributed by atoms with van der Waals surface area (Å²) in [5.74, 6) is 0.246. The Kier molecular flexibility index (Phi) is 6.60. The molecule has 132 valence electrons. The fourth-order valence-corrected chi connectivity index (χ4v) is 3.09. The maximum absolute atomic E-state index is 12.3. The molecule has 0 unspecified atom stereocenters. The Labute approximate surface area is 149 Å². The molecule has 0 atom stereocenters. The van der Waals surface area contributed by atoms with Crippen LogP contribution in [0.4, 0.5) is 5.69 Å². The molecule has 1 aliphatic heterocycles. The molecule has 0 spiro atoms. The zero-order chi connectivity index (χ0) is 17.3. The van der Waals surface area contributed by atoms with Gasteiger partial charge in [0.2, 0.25) is 5.91 Å². The number of anilines is 1. The predicted molar refractivity (Wildman–Crippen MR) is 100 cm³/mol. The van der Waals surface area contributed by atoms with E-state index in [1.54, 1.807) is 0 Å². The number of carbonyl (C=O) groups excluding carboxylic acids is 1. The summed E-state index contributed by atoms with van der Waals surface area (Å²) in [6, 6.07) is 18.3. The highest BCUT2D eigenvalue weighted by Crippen LogP contribution is 2.17. The number of carbonyl (C=O) groups is 1. The Morgan fingerprint density at radius 2 is 1.80 bits per heavy atom. The molecule has 0 saturated carbocycles. The maximum atomic E-state index is 12.3. The average molecular weight is 338 g/mol. The van der Waals surface area contributed by atoms with Gasteiger partial charge in [0.25, 0.3) is 0 Å². The van der Waals surface area contributed by atoms with Crippen LogP contribution in [0.15, 0.2) is 54.6 Å². The standard InChI is InChI=1S/C21H26N2O2/c24-21(19-9-12-22-13-10-19)23-20-8-4-7-18(15-20)16-25-14-11-17-5-2-1-3-6-17/h1-8,15,19,22H,9-14,16H2,(H,23,24). The highest BCUT2D eigenvalue weighted by atomic mass is 16.5. The van der Waals surface area contributed by atoms with Crippen molar-refractivity contribution >= 4 is 11.6 Å². The van der Waals surface area contributed by atoms with Gasteiger partial charge in [-0.2, -0.15) is 0 Å². The summed E-state index contributed by atoms with van der Waals surface area (Å²) in [5.41, 5.74) is 3.22. The molecule has 1 saturated heterocycles. The second kappa shape index (κ2) is 9.35. The van der Waals surface area contributed by atoms with Crippen LogP contribution in [0.3, 0.4) is 0 Å². The molecular formula is C21H26N2O2. The number of benzene rings is 2. The van der Waals surface area contributed by atoms with E-state index in [2.05, 4.69) is 22.8 Å². The zero-order valence-electron chi connectivity index (χ0n) is 14.5. The molecule has 4 heteroatoms. The Morgan fingerprint density at radius 1 is 1.04 bits per heavy atom. The van der Waals surface area contributed by atoms with Crippen molar-refractivity contribution in [3.8, 4) is 0 Å². The Morgan fingerprint density at radius 3 is 2.60 bits per heavy atom.